The van der Waals surface area contributed by atoms with Crippen LogP contribution < -0.4 is 0 Å². The van der Waals surface area contributed by atoms with Crippen LogP contribution in [0.3, 0.4) is 0 Å². The Morgan fingerprint density at radius 2 is 1.71 bits per heavy atom. The number of hydrogen-bond acceptors (Lipinski definition) is 1. The average molecular weight is 298 g/mol. The second-order valence-corrected chi connectivity index (χ2v) is 4.42. The second kappa shape index (κ2) is 5.55. The largest absolute Gasteiger partial charge is 0.481 e. The van der Waals surface area contributed by atoms with Gasteiger partial charge in [-0.05, 0) is 29.3 Å². The van der Waals surface area contributed by atoms with Crippen LogP contribution >= 0.6 is 0 Å². The molecule has 1 N–H and O–H groups in total. The highest BCUT2D eigenvalue weighted by molar-refractivity contribution is 5.77. The van der Waals surface area contributed by atoms with Gasteiger partial charge in [0.1, 0.15) is 5.82 Å². The first-order valence-corrected chi connectivity index (χ1v) is 5.96. The molecule has 0 heterocycles. The molecule has 0 atom stereocenters. The van der Waals surface area contributed by atoms with Crippen LogP contribution in [0.15, 0.2) is 42.5 Å². The van der Waals surface area contributed by atoms with E-state index in [-0.39, 0.29) is 16.7 Å². The summed E-state index contributed by atoms with van der Waals surface area (Å²) in [6, 6.07) is 7.95. The zero-order chi connectivity index (χ0) is 15.6. The fraction of sp³-hybridized carbons (Fsp3) is 0.133. The first kappa shape index (κ1) is 15.0. The number of rotatable bonds is 3. The quantitative estimate of drug-likeness (QED) is 0.865. The van der Waals surface area contributed by atoms with Gasteiger partial charge in [-0.25, -0.2) is 4.39 Å². The minimum atomic E-state index is -4.58. The van der Waals surface area contributed by atoms with E-state index in [0.717, 1.165) is 24.3 Å². The standard InChI is InChI=1S/C15H10F4O2/c16-13-4-2-1-3-11(13)12-8-10(15(17,18)19)6-5-9(12)7-14(20)21/h1-6,8H,7H2,(H,20,21). The molecule has 2 aromatic carbocycles. The average Bonchev–Trinajstić information content (AvgIpc) is 2.38. The lowest BCUT2D eigenvalue weighted by atomic mass is 9.95. The van der Waals surface area contributed by atoms with Crippen molar-refractivity contribution in [2.24, 2.45) is 0 Å². The number of carboxylic acid groups (broad SMARTS) is 1. The summed E-state index contributed by atoms with van der Waals surface area (Å²) in [7, 11) is 0. The predicted molar refractivity (Wildman–Crippen MR) is 68.2 cm³/mol. The minimum Gasteiger partial charge on any atom is -0.481 e. The molecule has 0 aromatic heterocycles. The molecule has 0 fully saturated rings. The maximum Gasteiger partial charge on any atom is 0.416 e. The van der Waals surface area contributed by atoms with Gasteiger partial charge in [-0.15, -0.1) is 0 Å². The molecule has 0 aliphatic heterocycles. The van der Waals surface area contributed by atoms with Crippen molar-refractivity contribution in [2.45, 2.75) is 12.6 Å². The topological polar surface area (TPSA) is 37.3 Å². The van der Waals surface area contributed by atoms with E-state index in [9.17, 15) is 22.4 Å². The van der Waals surface area contributed by atoms with Gasteiger partial charge in [-0.3, -0.25) is 4.79 Å². The molecule has 0 saturated carbocycles. The summed E-state index contributed by atoms with van der Waals surface area (Å²) in [5.41, 5.74) is -0.944. The summed E-state index contributed by atoms with van der Waals surface area (Å²) in [6.45, 7) is 0. The number of alkyl halides is 3. The van der Waals surface area contributed by atoms with Gasteiger partial charge in [0.05, 0.1) is 12.0 Å². The number of carbonyl (C=O) groups is 1. The van der Waals surface area contributed by atoms with Gasteiger partial charge in [-0.1, -0.05) is 24.3 Å². The number of halogens is 4. The number of carboxylic acids is 1. The van der Waals surface area contributed by atoms with Crippen LogP contribution in [0.4, 0.5) is 17.6 Å². The van der Waals surface area contributed by atoms with Crippen LogP contribution in [0, 0.1) is 5.82 Å². The van der Waals surface area contributed by atoms with Crippen molar-refractivity contribution in [3.05, 3.63) is 59.4 Å². The SMILES string of the molecule is O=C(O)Cc1ccc(C(F)(F)F)cc1-c1ccccc1F. The van der Waals surface area contributed by atoms with Gasteiger partial charge in [0, 0.05) is 5.56 Å². The molecular formula is C15H10F4O2. The van der Waals surface area contributed by atoms with E-state index >= 15 is 0 Å². The predicted octanol–water partition coefficient (Wildman–Crippen LogP) is 4.14. The van der Waals surface area contributed by atoms with Gasteiger partial charge in [0.15, 0.2) is 0 Å². The summed E-state index contributed by atoms with van der Waals surface area (Å²) in [6.07, 6.45) is -5.07. The summed E-state index contributed by atoms with van der Waals surface area (Å²) in [5, 5.41) is 8.82. The molecule has 6 heteroatoms. The third kappa shape index (κ3) is 3.39. The summed E-state index contributed by atoms with van der Waals surface area (Å²) in [5.74, 6) is -1.91. The van der Waals surface area contributed by atoms with Crippen molar-refractivity contribution in [1.29, 1.82) is 0 Å². The Labute approximate surface area is 117 Å². The third-order valence-electron chi connectivity index (χ3n) is 2.94. The second-order valence-electron chi connectivity index (χ2n) is 4.42. The molecule has 0 spiro atoms. The molecule has 0 aliphatic rings. The monoisotopic (exact) mass is 298 g/mol. The van der Waals surface area contributed by atoms with Gasteiger partial charge in [0.25, 0.3) is 0 Å². The molecule has 0 aliphatic carbocycles. The molecule has 0 amide bonds. The smallest absolute Gasteiger partial charge is 0.416 e. The Kier molecular flexibility index (Phi) is 3.97. The van der Waals surface area contributed by atoms with Crippen molar-refractivity contribution >= 4 is 5.97 Å². The Balaban J connectivity index is 2.64. The lowest BCUT2D eigenvalue weighted by Gasteiger charge is -2.13. The van der Waals surface area contributed by atoms with E-state index in [1.54, 1.807) is 0 Å². The van der Waals surface area contributed by atoms with Crippen molar-refractivity contribution < 1.29 is 27.5 Å². The Morgan fingerprint density at radius 3 is 2.29 bits per heavy atom. The molecule has 0 radical (unpaired) electrons. The van der Waals surface area contributed by atoms with Crippen molar-refractivity contribution in [2.75, 3.05) is 0 Å². The number of hydrogen-bond donors (Lipinski definition) is 1. The summed E-state index contributed by atoms with van der Waals surface area (Å²) < 4.78 is 52.1. The molecule has 0 bridgehead atoms. The van der Waals surface area contributed by atoms with Crippen LogP contribution in [0.2, 0.25) is 0 Å². The fourth-order valence-corrected chi connectivity index (χ4v) is 2.00. The maximum atomic E-state index is 13.8. The molecule has 2 nitrogen and oxygen atoms in total. The first-order chi connectivity index (χ1) is 9.79. The van der Waals surface area contributed by atoms with E-state index in [1.165, 1.54) is 18.2 Å². The molecule has 0 unspecified atom stereocenters. The molecule has 0 saturated heterocycles. The van der Waals surface area contributed by atoms with Gasteiger partial charge >= 0.3 is 12.1 Å². The maximum absolute atomic E-state index is 13.8. The molecular weight excluding hydrogens is 288 g/mol. The highest BCUT2D eigenvalue weighted by atomic mass is 19.4. The third-order valence-corrected chi connectivity index (χ3v) is 2.94. The molecule has 110 valence electrons. The van der Waals surface area contributed by atoms with Crippen LogP contribution in [-0.4, -0.2) is 11.1 Å². The van der Waals surface area contributed by atoms with Gasteiger partial charge < -0.3 is 5.11 Å². The minimum absolute atomic E-state index is 0.0557. The fourth-order valence-electron chi connectivity index (χ4n) is 2.00. The number of benzene rings is 2. The van der Waals surface area contributed by atoms with E-state index in [0.29, 0.717) is 0 Å². The van der Waals surface area contributed by atoms with Crippen LogP contribution in [0.5, 0.6) is 0 Å². The molecule has 21 heavy (non-hydrogen) atoms. The highest BCUT2D eigenvalue weighted by Crippen LogP contribution is 2.35. The molecule has 2 aromatic rings. The zero-order valence-electron chi connectivity index (χ0n) is 10.6. The normalized spacial score (nSPS) is 11.4. The van der Waals surface area contributed by atoms with E-state index in [4.69, 9.17) is 5.11 Å². The van der Waals surface area contributed by atoms with Crippen molar-refractivity contribution in [3.63, 3.8) is 0 Å². The van der Waals surface area contributed by atoms with E-state index < -0.39 is 29.9 Å². The van der Waals surface area contributed by atoms with E-state index in [1.807, 2.05) is 0 Å². The Hall–Kier alpha value is -2.37. The lowest BCUT2D eigenvalue weighted by molar-refractivity contribution is -0.137. The van der Waals surface area contributed by atoms with Crippen LogP contribution in [-0.2, 0) is 17.4 Å². The highest BCUT2D eigenvalue weighted by Gasteiger charge is 2.31. The summed E-state index contributed by atoms with van der Waals surface area (Å²) in [4.78, 5) is 10.8. The molecule has 2 rings (SSSR count). The lowest BCUT2D eigenvalue weighted by Crippen LogP contribution is -2.08. The Morgan fingerprint density at radius 1 is 1.05 bits per heavy atom. The number of aliphatic carboxylic acids is 1. The van der Waals surface area contributed by atoms with E-state index in [2.05, 4.69) is 0 Å². The van der Waals surface area contributed by atoms with Gasteiger partial charge in [0.2, 0.25) is 0 Å². The van der Waals surface area contributed by atoms with Crippen LogP contribution in [0.25, 0.3) is 11.1 Å². The first-order valence-electron chi connectivity index (χ1n) is 5.96. The van der Waals surface area contributed by atoms with Crippen LogP contribution in [0.1, 0.15) is 11.1 Å². The van der Waals surface area contributed by atoms with Crippen molar-refractivity contribution in [1.82, 2.24) is 0 Å². The zero-order valence-corrected chi connectivity index (χ0v) is 10.6. The summed E-state index contributed by atoms with van der Waals surface area (Å²) >= 11 is 0. The van der Waals surface area contributed by atoms with Gasteiger partial charge in [-0.2, -0.15) is 13.2 Å². The Bertz CT molecular complexity index is 678. The van der Waals surface area contributed by atoms with Crippen molar-refractivity contribution in [3.8, 4) is 11.1 Å².